The first-order valence-electron chi connectivity index (χ1n) is 6.54. The Bertz CT molecular complexity index is 654. The lowest BCUT2D eigenvalue weighted by atomic mass is 10.2. The van der Waals surface area contributed by atoms with E-state index in [1.165, 1.54) is 12.1 Å². The van der Waals surface area contributed by atoms with E-state index in [4.69, 9.17) is 5.73 Å². The Morgan fingerprint density at radius 1 is 1.29 bits per heavy atom. The molecule has 1 aliphatic rings. The van der Waals surface area contributed by atoms with Gasteiger partial charge in [-0.1, -0.05) is 19.1 Å². The summed E-state index contributed by atoms with van der Waals surface area (Å²) in [6.07, 6.45) is 0.291. The first-order valence-corrected chi connectivity index (χ1v) is 7.98. The fourth-order valence-corrected chi connectivity index (χ4v) is 3.84. The van der Waals surface area contributed by atoms with E-state index in [2.05, 4.69) is 5.32 Å². The zero-order chi connectivity index (χ0) is 15.6. The molecule has 7 nitrogen and oxygen atoms in total. The van der Waals surface area contributed by atoms with E-state index in [1.807, 2.05) is 0 Å². The van der Waals surface area contributed by atoms with Gasteiger partial charge in [0, 0.05) is 6.54 Å². The lowest BCUT2D eigenvalue weighted by Gasteiger charge is -2.32. The number of benzene rings is 1. The average Bonchev–Trinajstić information content (AvgIpc) is 2.46. The number of imide groups is 1. The summed E-state index contributed by atoms with van der Waals surface area (Å²) in [6, 6.07) is 5.21. The van der Waals surface area contributed by atoms with E-state index >= 15 is 0 Å². The van der Waals surface area contributed by atoms with E-state index in [9.17, 15) is 18.0 Å². The standard InChI is InChI=1S/C13H17N3O4S/c1-2-11-13(18)15-12(17)8-16(11)21(19,20)10-5-3-9(7-14)4-6-10/h3-6,11H,2,7-8,14H2,1H3,(H,15,17,18). The van der Waals surface area contributed by atoms with Crippen molar-refractivity contribution in [1.82, 2.24) is 9.62 Å². The molecule has 2 rings (SSSR count). The van der Waals surface area contributed by atoms with Crippen molar-refractivity contribution < 1.29 is 18.0 Å². The number of carbonyl (C=O) groups excluding carboxylic acids is 2. The van der Waals surface area contributed by atoms with Gasteiger partial charge < -0.3 is 5.73 Å². The molecule has 1 heterocycles. The van der Waals surface area contributed by atoms with Crippen LogP contribution in [0.15, 0.2) is 29.2 Å². The van der Waals surface area contributed by atoms with Gasteiger partial charge in [0.1, 0.15) is 6.04 Å². The third-order valence-corrected chi connectivity index (χ3v) is 5.23. The first kappa shape index (κ1) is 15.6. The van der Waals surface area contributed by atoms with Crippen LogP contribution in [0, 0.1) is 0 Å². The average molecular weight is 311 g/mol. The molecule has 21 heavy (non-hydrogen) atoms. The molecule has 0 radical (unpaired) electrons. The van der Waals surface area contributed by atoms with Crippen molar-refractivity contribution in [2.75, 3.05) is 6.54 Å². The summed E-state index contributed by atoms with van der Waals surface area (Å²) in [5.41, 5.74) is 6.27. The predicted octanol–water partition coefficient (Wildman–Crippen LogP) is -0.429. The molecular formula is C13H17N3O4S. The second kappa shape index (κ2) is 5.92. The van der Waals surface area contributed by atoms with E-state index in [-0.39, 0.29) is 11.4 Å². The molecule has 3 N–H and O–H groups in total. The molecule has 0 saturated carbocycles. The van der Waals surface area contributed by atoms with E-state index < -0.39 is 27.9 Å². The van der Waals surface area contributed by atoms with Crippen molar-refractivity contribution in [1.29, 1.82) is 0 Å². The van der Waals surface area contributed by atoms with Gasteiger partial charge in [0.05, 0.1) is 11.4 Å². The summed E-state index contributed by atoms with van der Waals surface area (Å²) in [5, 5.41) is 2.15. The molecule has 1 saturated heterocycles. The minimum absolute atomic E-state index is 0.0423. The van der Waals surface area contributed by atoms with Crippen LogP contribution >= 0.6 is 0 Å². The summed E-state index contributed by atoms with van der Waals surface area (Å²) in [7, 11) is -3.90. The van der Waals surface area contributed by atoms with Crippen molar-refractivity contribution in [3.8, 4) is 0 Å². The molecule has 1 aromatic rings. The van der Waals surface area contributed by atoms with Crippen molar-refractivity contribution in [3.05, 3.63) is 29.8 Å². The number of amides is 2. The normalized spacial score (nSPS) is 20.4. The Kier molecular flexibility index (Phi) is 4.40. The van der Waals surface area contributed by atoms with Gasteiger partial charge >= 0.3 is 0 Å². The third kappa shape index (κ3) is 2.97. The third-order valence-electron chi connectivity index (χ3n) is 3.36. The fourth-order valence-electron chi connectivity index (χ4n) is 2.22. The van der Waals surface area contributed by atoms with Crippen LogP contribution in [-0.2, 0) is 26.2 Å². The second-order valence-electron chi connectivity index (χ2n) is 4.73. The number of piperazine rings is 1. The van der Waals surface area contributed by atoms with E-state index in [0.717, 1.165) is 9.87 Å². The van der Waals surface area contributed by atoms with Crippen LogP contribution in [0.25, 0.3) is 0 Å². The summed E-state index contributed by atoms with van der Waals surface area (Å²) >= 11 is 0. The highest BCUT2D eigenvalue weighted by Crippen LogP contribution is 2.22. The molecule has 114 valence electrons. The SMILES string of the molecule is CCC1C(=O)NC(=O)CN1S(=O)(=O)c1ccc(CN)cc1. The molecule has 8 heteroatoms. The van der Waals surface area contributed by atoms with Gasteiger partial charge in [0.25, 0.3) is 0 Å². The zero-order valence-electron chi connectivity index (χ0n) is 11.6. The number of hydrogen-bond acceptors (Lipinski definition) is 5. The Morgan fingerprint density at radius 3 is 2.43 bits per heavy atom. The monoisotopic (exact) mass is 311 g/mol. The maximum Gasteiger partial charge on any atom is 0.245 e. The number of nitrogens with two attached hydrogens (primary N) is 1. The number of hydrogen-bond donors (Lipinski definition) is 2. The van der Waals surface area contributed by atoms with Gasteiger partial charge in [0.2, 0.25) is 21.8 Å². The largest absolute Gasteiger partial charge is 0.326 e. The van der Waals surface area contributed by atoms with Crippen LogP contribution in [0.4, 0.5) is 0 Å². The first-order chi connectivity index (χ1) is 9.90. The summed E-state index contributed by atoms with van der Waals surface area (Å²) in [5.74, 6) is -1.21. The highest BCUT2D eigenvalue weighted by atomic mass is 32.2. The number of rotatable bonds is 4. The van der Waals surface area contributed by atoms with Gasteiger partial charge in [-0.2, -0.15) is 4.31 Å². The van der Waals surface area contributed by atoms with Crippen LogP contribution in [0.5, 0.6) is 0 Å². The van der Waals surface area contributed by atoms with Gasteiger partial charge in [-0.15, -0.1) is 0 Å². The topological polar surface area (TPSA) is 110 Å². The van der Waals surface area contributed by atoms with Crippen molar-refractivity contribution in [2.45, 2.75) is 30.8 Å². The lowest BCUT2D eigenvalue weighted by Crippen LogP contribution is -2.59. The summed E-state index contributed by atoms with van der Waals surface area (Å²) in [6.45, 7) is 1.65. The van der Waals surface area contributed by atoms with E-state index in [0.29, 0.717) is 13.0 Å². The molecule has 0 aromatic heterocycles. The number of nitrogens with zero attached hydrogens (tertiary/aromatic N) is 1. The highest BCUT2D eigenvalue weighted by molar-refractivity contribution is 7.89. The van der Waals surface area contributed by atoms with Gasteiger partial charge in [-0.05, 0) is 24.1 Å². The van der Waals surface area contributed by atoms with Crippen LogP contribution in [-0.4, -0.2) is 37.1 Å². The maximum absolute atomic E-state index is 12.6. The Labute approximate surface area is 123 Å². The molecule has 1 aliphatic heterocycles. The Morgan fingerprint density at radius 2 is 1.90 bits per heavy atom. The van der Waals surface area contributed by atoms with Gasteiger partial charge in [-0.25, -0.2) is 8.42 Å². The van der Waals surface area contributed by atoms with Crippen LogP contribution in [0.3, 0.4) is 0 Å². The molecule has 0 bridgehead atoms. The number of nitrogens with one attached hydrogen (secondary N) is 1. The Balaban J connectivity index is 2.40. The number of carbonyl (C=O) groups is 2. The van der Waals surface area contributed by atoms with E-state index in [1.54, 1.807) is 19.1 Å². The van der Waals surface area contributed by atoms with Gasteiger partial charge in [-0.3, -0.25) is 14.9 Å². The van der Waals surface area contributed by atoms with Crippen LogP contribution in [0.2, 0.25) is 0 Å². The molecular weight excluding hydrogens is 294 g/mol. The molecule has 1 aromatic carbocycles. The maximum atomic E-state index is 12.6. The second-order valence-corrected chi connectivity index (χ2v) is 6.63. The quantitative estimate of drug-likeness (QED) is 0.733. The van der Waals surface area contributed by atoms with Gasteiger partial charge in [0.15, 0.2) is 0 Å². The van der Waals surface area contributed by atoms with Crippen LogP contribution in [0.1, 0.15) is 18.9 Å². The molecule has 2 amide bonds. The molecule has 0 aliphatic carbocycles. The molecule has 1 atom stereocenters. The van der Waals surface area contributed by atoms with Crippen molar-refractivity contribution in [2.24, 2.45) is 5.73 Å². The predicted molar refractivity (Wildman–Crippen MR) is 75.5 cm³/mol. The highest BCUT2D eigenvalue weighted by Gasteiger charge is 2.40. The number of sulfonamides is 1. The molecule has 0 spiro atoms. The smallest absolute Gasteiger partial charge is 0.245 e. The zero-order valence-corrected chi connectivity index (χ0v) is 12.4. The van der Waals surface area contributed by atoms with Crippen LogP contribution < -0.4 is 11.1 Å². The molecule has 1 fully saturated rings. The lowest BCUT2D eigenvalue weighted by molar-refractivity contribution is -0.137. The Hall–Kier alpha value is -1.77. The van der Waals surface area contributed by atoms with Crippen molar-refractivity contribution in [3.63, 3.8) is 0 Å². The summed E-state index contributed by atoms with van der Waals surface area (Å²) in [4.78, 5) is 23.3. The minimum atomic E-state index is -3.90. The summed E-state index contributed by atoms with van der Waals surface area (Å²) < 4.78 is 26.2. The fraction of sp³-hybridized carbons (Fsp3) is 0.385. The molecule has 1 unspecified atom stereocenters. The minimum Gasteiger partial charge on any atom is -0.326 e. The van der Waals surface area contributed by atoms with Crippen molar-refractivity contribution >= 4 is 21.8 Å².